The zero-order valence-electron chi connectivity index (χ0n) is 24.8. The molecule has 6 rings (SSSR count). The van der Waals surface area contributed by atoms with Crippen LogP contribution < -0.4 is 10.6 Å². The van der Waals surface area contributed by atoms with Gasteiger partial charge >= 0.3 is 0 Å². The molecule has 0 bridgehead atoms. The number of fused-ring (bicyclic) bond motifs is 1. The van der Waals surface area contributed by atoms with E-state index < -0.39 is 0 Å². The molecule has 2 fully saturated rings. The first kappa shape index (κ1) is 29.1. The molecule has 0 radical (unpaired) electrons. The van der Waals surface area contributed by atoms with Crippen LogP contribution in [0.3, 0.4) is 0 Å². The van der Waals surface area contributed by atoms with E-state index in [0.29, 0.717) is 25.2 Å². The van der Waals surface area contributed by atoms with E-state index in [2.05, 4.69) is 75.0 Å². The number of rotatable bonds is 11. The Morgan fingerprint density at radius 2 is 1.51 bits per heavy atom. The van der Waals surface area contributed by atoms with E-state index in [1.54, 1.807) is 0 Å². The zero-order valence-corrected chi connectivity index (χ0v) is 24.8. The van der Waals surface area contributed by atoms with E-state index in [1.165, 1.54) is 17.5 Å². The van der Waals surface area contributed by atoms with Crippen LogP contribution in [0.4, 0.5) is 0 Å². The van der Waals surface area contributed by atoms with Crippen molar-refractivity contribution >= 4 is 22.6 Å². The third kappa shape index (κ3) is 7.32. The molecule has 4 aromatic rings. The Morgan fingerprint density at radius 3 is 2.19 bits per heavy atom. The largest absolute Gasteiger partial charge is 0.350 e. The van der Waals surface area contributed by atoms with Crippen molar-refractivity contribution in [1.82, 2.24) is 20.4 Å². The van der Waals surface area contributed by atoms with E-state index in [9.17, 15) is 9.59 Å². The van der Waals surface area contributed by atoms with Crippen molar-refractivity contribution in [3.8, 4) is 0 Å². The van der Waals surface area contributed by atoms with Crippen molar-refractivity contribution in [1.29, 1.82) is 0 Å². The molecule has 6 heteroatoms. The predicted octanol–water partition coefficient (Wildman–Crippen LogP) is 5.45. The minimum atomic E-state index is -0.265. The number of benzene rings is 4. The normalized spacial score (nSPS) is 19.3. The van der Waals surface area contributed by atoms with Gasteiger partial charge in [0.1, 0.15) is 0 Å². The molecular weight excluding hydrogens is 532 g/mol. The first-order valence-electron chi connectivity index (χ1n) is 15.8. The minimum absolute atomic E-state index is 0.0132. The number of hydrogen-bond donors (Lipinski definition) is 2. The molecule has 0 aromatic heterocycles. The van der Waals surface area contributed by atoms with Crippen LogP contribution in [0, 0.1) is 0 Å². The van der Waals surface area contributed by atoms with Crippen LogP contribution in [0.5, 0.6) is 0 Å². The van der Waals surface area contributed by atoms with Crippen molar-refractivity contribution in [2.24, 2.45) is 0 Å². The third-order valence-electron chi connectivity index (χ3n) is 9.04. The Kier molecular flexibility index (Phi) is 9.46. The molecule has 2 heterocycles. The average Bonchev–Trinajstić information content (AvgIpc) is 3.18. The molecule has 0 aliphatic carbocycles. The van der Waals surface area contributed by atoms with E-state index in [4.69, 9.17) is 0 Å². The highest BCUT2D eigenvalue weighted by Crippen LogP contribution is 2.27. The number of nitrogens with one attached hydrogen (secondary N) is 2. The van der Waals surface area contributed by atoms with E-state index in [0.717, 1.165) is 49.7 Å². The number of carbonyl (C=O) groups excluding carboxylic acids is 2. The van der Waals surface area contributed by atoms with Gasteiger partial charge in [0.05, 0.1) is 6.04 Å². The van der Waals surface area contributed by atoms with Gasteiger partial charge in [-0.2, -0.15) is 0 Å². The average molecular weight is 575 g/mol. The summed E-state index contributed by atoms with van der Waals surface area (Å²) in [5, 5.41) is 9.00. The Bertz CT molecular complexity index is 1470. The highest BCUT2D eigenvalue weighted by molar-refractivity contribution is 5.98. The van der Waals surface area contributed by atoms with E-state index in [1.807, 2.05) is 48.5 Å². The standard InChI is InChI=1S/C37H42N4O2/c42-36(32-19-18-28-11-7-8-16-31(28)25-32)38-26-33-20-24-41(37(43)35(39-33)17-9-21-40-22-10-23-40)27-34(29-12-3-1-4-13-29)30-14-5-2-6-15-30/h1-8,11-16,18-19,25,33-35,39H,9-10,17,20-24,26-27H2,(H,38,42). The topological polar surface area (TPSA) is 64.7 Å². The van der Waals surface area contributed by atoms with Gasteiger partial charge in [-0.3, -0.25) is 9.59 Å². The van der Waals surface area contributed by atoms with Crippen molar-refractivity contribution < 1.29 is 9.59 Å². The van der Waals surface area contributed by atoms with Crippen LogP contribution >= 0.6 is 0 Å². The lowest BCUT2D eigenvalue weighted by Crippen LogP contribution is -2.49. The molecule has 2 aliphatic heterocycles. The second kappa shape index (κ2) is 14.0. The van der Waals surface area contributed by atoms with Gasteiger partial charge in [0.2, 0.25) is 5.91 Å². The predicted molar refractivity (Wildman–Crippen MR) is 173 cm³/mol. The molecule has 2 saturated heterocycles. The van der Waals surface area contributed by atoms with Crippen molar-refractivity contribution in [2.75, 3.05) is 39.3 Å². The molecule has 4 aromatic carbocycles. The first-order chi connectivity index (χ1) is 21.1. The van der Waals surface area contributed by atoms with Gasteiger partial charge in [-0.1, -0.05) is 91.0 Å². The number of carbonyl (C=O) groups is 2. The monoisotopic (exact) mass is 574 g/mol. The quantitative estimate of drug-likeness (QED) is 0.250. The molecule has 222 valence electrons. The lowest BCUT2D eigenvalue weighted by Gasteiger charge is -2.32. The molecule has 6 nitrogen and oxygen atoms in total. The number of nitrogens with zero attached hydrogens (tertiary/aromatic N) is 2. The SMILES string of the molecule is O=C(NCC1CCN(CC(c2ccccc2)c2ccccc2)C(=O)C(CCCN2CCC2)N1)c1ccc2ccccc2c1. The molecule has 0 saturated carbocycles. The first-order valence-corrected chi connectivity index (χ1v) is 15.8. The fourth-order valence-electron chi connectivity index (χ4n) is 6.40. The molecule has 2 unspecified atom stereocenters. The van der Waals surface area contributed by atoms with Gasteiger partial charge < -0.3 is 20.4 Å². The summed E-state index contributed by atoms with van der Waals surface area (Å²) in [5.74, 6) is 0.184. The van der Waals surface area contributed by atoms with Crippen molar-refractivity contribution in [2.45, 2.75) is 43.7 Å². The maximum Gasteiger partial charge on any atom is 0.251 e. The summed E-state index contributed by atoms with van der Waals surface area (Å²) in [4.78, 5) is 31.8. The third-order valence-corrected chi connectivity index (χ3v) is 9.04. The lowest BCUT2D eigenvalue weighted by atomic mass is 9.90. The smallest absolute Gasteiger partial charge is 0.251 e. The summed E-state index contributed by atoms with van der Waals surface area (Å²) in [6, 6.07) is 34.7. The fourth-order valence-corrected chi connectivity index (χ4v) is 6.40. The van der Waals surface area contributed by atoms with E-state index in [-0.39, 0.29) is 29.8 Å². The van der Waals surface area contributed by atoms with Gasteiger partial charge in [-0.25, -0.2) is 0 Å². The highest BCUT2D eigenvalue weighted by atomic mass is 16.2. The Hall–Kier alpha value is -4.00. The molecule has 2 aliphatic rings. The fraction of sp³-hybridized carbons (Fsp3) is 0.351. The molecular formula is C37H42N4O2. The minimum Gasteiger partial charge on any atom is -0.350 e. The second-order valence-electron chi connectivity index (χ2n) is 12.0. The van der Waals surface area contributed by atoms with E-state index >= 15 is 0 Å². The van der Waals surface area contributed by atoms with Crippen LogP contribution in [-0.4, -0.2) is 73.0 Å². The summed E-state index contributed by atoms with van der Waals surface area (Å²) in [6.07, 6.45) is 3.83. The molecule has 43 heavy (non-hydrogen) atoms. The zero-order chi connectivity index (χ0) is 29.4. The Morgan fingerprint density at radius 1 is 0.837 bits per heavy atom. The van der Waals surface area contributed by atoms with Gasteiger partial charge in [-0.05, 0) is 79.3 Å². The summed E-state index contributed by atoms with van der Waals surface area (Å²) >= 11 is 0. The molecule has 2 N–H and O–H groups in total. The van der Waals surface area contributed by atoms with Crippen molar-refractivity contribution in [3.05, 3.63) is 120 Å². The van der Waals surface area contributed by atoms with Gasteiger partial charge in [0.15, 0.2) is 0 Å². The maximum atomic E-state index is 14.1. The van der Waals surface area contributed by atoms with Gasteiger partial charge in [0, 0.05) is 37.2 Å². The molecule has 2 atom stereocenters. The number of likely N-dealkylation sites (tertiary alicyclic amines) is 1. The van der Waals surface area contributed by atoms with Crippen LogP contribution in [0.1, 0.15) is 53.1 Å². The van der Waals surface area contributed by atoms with Gasteiger partial charge in [-0.15, -0.1) is 0 Å². The summed E-state index contributed by atoms with van der Waals surface area (Å²) < 4.78 is 0. The van der Waals surface area contributed by atoms with Crippen LogP contribution in [0.2, 0.25) is 0 Å². The molecule has 0 spiro atoms. The number of hydrogen-bond acceptors (Lipinski definition) is 4. The summed E-state index contributed by atoms with van der Waals surface area (Å²) in [5.41, 5.74) is 3.09. The van der Waals surface area contributed by atoms with Crippen LogP contribution in [0.25, 0.3) is 10.8 Å². The second-order valence-corrected chi connectivity index (χ2v) is 12.0. The lowest BCUT2D eigenvalue weighted by molar-refractivity contribution is -0.133. The highest BCUT2D eigenvalue weighted by Gasteiger charge is 2.33. The Balaban J connectivity index is 1.16. The van der Waals surface area contributed by atoms with Gasteiger partial charge in [0.25, 0.3) is 5.91 Å². The maximum absolute atomic E-state index is 14.1. The summed E-state index contributed by atoms with van der Waals surface area (Å²) in [7, 11) is 0. The summed E-state index contributed by atoms with van der Waals surface area (Å²) in [6.45, 7) is 5.13. The number of amides is 2. The van der Waals surface area contributed by atoms with Crippen LogP contribution in [-0.2, 0) is 4.79 Å². The molecule has 2 amide bonds. The Labute approximate surface area is 255 Å². The van der Waals surface area contributed by atoms with Crippen molar-refractivity contribution in [3.63, 3.8) is 0 Å². The van der Waals surface area contributed by atoms with Crippen LogP contribution in [0.15, 0.2) is 103 Å².